The van der Waals surface area contributed by atoms with E-state index in [9.17, 15) is 4.79 Å². The number of halogens is 3. The van der Waals surface area contributed by atoms with Gasteiger partial charge in [0.1, 0.15) is 5.69 Å². The van der Waals surface area contributed by atoms with Crippen molar-refractivity contribution in [1.82, 2.24) is 9.78 Å². The van der Waals surface area contributed by atoms with Crippen molar-refractivity contribution in [2.45, 2.75) is 0 Å². The average Bonchev–Trinajstić information content (AvgIpc) is 2.61. The molecular weight excluding hydrogens is 282 g/mol. The SMILES string of the molecule is Cn1ncc(Cl)c1C(=O)c1cc(Cl)ccc1Cl. The predicted molar refractivity (Wildman–Crippen MR) is 68.1 cm³/mol. The lowest BCUT2D eigenvalue weighted by Crippen LogP contribution is -2.09. The zero-order valence-electron chi connectivity index (χ0n) is 8.75. The predicted octanol–water partition coefficient (Wildman–Crippen LogP) is 3.61. The monoisotopic (exact) mass is 288 g/mol. The standard InChI is InChI=1S/C11H7Cl3N2O/c1-16-10(9(14)5-15-16)11(17)7-4-6(12)2-3-8(7)13/h2-5H,1H3. The van der Waals surface area contributed by atoms with E-state index < -0.39 is 0 Å². The van der Waals surface area contributed by atoms with Crippen LogP contribution in [0.1, 0.15) is 16.1 Å². The Hall–Kier alpha value is -1.03. The third-order valence-corrected chi connectivity index (χ3v) is 3.12. The lowest BCUT2D eigenvalue weighted by Gasteiger charge is -2.05. The Bertz CT molecular complexity index is 573. The average molecular weight is 290 g/mol. The van der Waals surface area contributed by atoms with Gasteiger partial charge < -0.3 is 0 Å². The third kappa shape index (κ3) is 2.32. The van der Waals surface area contributed by atoms with Gasteiger partial charge in [-0.2, -0.15) is 5.10 Å². The Morgan fingerprint density at radius 1 is 1.24 bits per heavy atom. The molecule has 0 radical (unpaired) electrons. The number of hydrogen-bond donors (Lipinski definition) is 0. The lowest BCUT2D eigenvalue weighted by molar-refractivity contribution is 0.103. The summed E-state index contributed by atoms with van der Waals surface area (Å²) in [5.41, 5.74) is 0.598. The van der Waals surface area contributed by atoms with Gasteiger partial charge in [-0.15, -0.1) is 0 Å². The molecule has 0 saturated carbocycles. The third-order valence-electron chi connectivity index (χ3n) is 2.28. The van der Waals surface area contributed by atoms with E-state index in [1.807, 2.05) is 0 Å². The minimum atomic E-state index is -0.303. The molecule has 1 aromatic carbocycles. The molecule has 0 amide bonds. The normalized spacial score (nSPS) is 10.6. The molecule has 3 nitrogen and oxygen atoms in total. The maximum absolute atomic E-state index is 12.2. The first-order valence-electron chi connectivity index (χ1n) is 4.68. The van der Waals surface area contributed by atoms with E-state index in [2.05, 4.69) is 5.10 Å². The van der Waals surface area contributed by atoms with Gasteiger partial charge in [-0.05, 0) is 18.2 Å². The molecule has 1 heterocycles. The minimum Gasteiger partial charge on any atom is -0.287 e. The Labute approximate surface area is 113 Å². The molecule has 0 saturated heterocycles. The topological polar surface area (TPSA) is 34.9 Å². The fourth-order valence-corrected chi connectivity index (χ4v) is 2.09. The Morgan fingerprint density at radius 2 is 1.94 bits per heavy atom. The lowest BCUT2D eigenvalue weighted by atomic mass is 10.1. The summed E-state index contributed by atoms with van der Waals surface area (Å²) in [4.78, 5) is 12.2. The van der Waals surface area contributed by atoms with Crippen LogP contribution >= 0.6 is 34.8 Å². The van der Waals surface area contributed by atoms with Crippen LogP contribution in [0.15, 0.2) is 24.4 Å². The number of aromatic nitrogens is 2. The zero-order chi connectivity index (χ0) is 12.6. The van der Waals surface area contributed by atoms with Crippen LogP contribution in [0.4, 0.5) is 0 Å². The van der Waals surface area contributed by atoms with Gasteiger partial charge in [0.05, 0.1) is 16.2 Å². The van der Waals surface area contributed by atoms with Gasteiger partial charge in [0.2, 0.25) is 5.78 Å². The van der Waals surface area contributed by atoms with Crippen LogP contribution in [0.25, 0.3) is 0 Å². The molecule has 0 unspecified atom stereocenters. The van der Waals surface area contributed by atoms with Crippen molar-refractivity contribution in [3.63, 3.8) is 0 Å². The summed E-state index contributed by atoms with van der Waals surface area (Å²) in [5.74, 6) is -0.303. The largest absolute Gasteiger partial charge is 0.287 e. The molecular formula is C11H7Cl3N2O. The summed E-state index contributed by atoms with van der Waals surface area (Å²) in [6.07, 6.45) is 1.41. The summed E-state index contributed by atoms with van der Waals surface area (Å²) < 4.78 is 1.40. The summed E-state index contributed by atoms with van der Waals surface area (Å²) in [6, 6.07) is 4.70. The van der Waals surface area contributed by atoms with Crippen molar-refractivity contribution in [3.05, 3.63) is 50.7 Å². The fraction of sp³-hybridized carbons (Fsp3) is 0.0909. The van der Waals surface area contributed by atoms with Gasteiger partial charge >= 0.3 is 0 Å². The van der Waals surface area contributed by atoms with Crippen LogP contribution < -0.4 is 0 Å². The number of ketones is 1. The molecule has 0 atom stereocenters. The Morgan fingerprint density at radius 3 is 2.53 bits per heavy atom. The molecule has 0 aliphatic heterocycles. The van der Waals surface area contributed by atoms with Crippen molar-refractivity contribution >= 4 is 40.6 Å². The second-order valence-electron chi connectivity index (χ2n) is 3.42. The van der Waals surface area contributed by atoms with Crippen molar-refractivity contribution < 1.29 is 4.79 Å². The summed E-state index contributed by atoms with van der Waals surface area (Å²) >= 11 is 17.7. The molecule has 0 aliphatic rings. The first kappa shape index (κ1) is 12.4. The molecule has 17 heavy (non-hydrogen) atoms. The second-order valence-corrected chi connectivity index (χ2v) is 4.67. The first-order chi connectivity index (χ1) is 8.00. The number of carbonyl (C=O) groups excluding carboxylic acids is 1. The number of hydrogen-bond acceptors (Lipinski definition) is 2. The van der Waals surface area contributed by atoms with Crippen molar-refractivity contribution in [3.8, 4) is 0 Å². The smallest absolute Gasteiger partial charge is 0.214 e. The Balaban J connectivity index is 2.55. The number of rotatable bonds is 2. The molecule has 0 N–H and O–H groups in total. The van der Waals surface area contributed by atoms with Crippen LogP contribution in [-0.4, -0.2) is 15.6 Å². The molecule has 0 spiro atoms. The van der Waals surface area contributed by atoms with Crippen molar-refractivity contribution in [1.29, 1.82) is 0 Å². The van der Waals surface area contributed by atoms with E-state index in [0.717, 1.165) is 0 Å². The highest BCUT2D eigenvalue weighted by Gasteiger charge is 2.20. The molecule has 0 bridgehead atoms. The molecule has 88 valence electrons. The van der Waals surface area contributed by atoms with E-state index in [1.54, 1.807) is 19.2 Å². The quantitative estimate of drug-likeness (QED) is 0.792. The summed E-state index contributed by atoms with van der Waals surface area (Å²) in [6.45, 7) is 0. The Kier molecular flexibility index (Phi) is 3.43. The van der Waals surface area contributed by atoms with E-state index >= 15 is 0 Å². The van der Waals surface area contributed by atoms with Crippen molar-refractivity contribution in [2.75, 3.05) is 0 Å². The number of aryl methyl sites for hydroxylation is 1. The van der Waals surface area contributed by atoms with Crippen LogP contribution in [-0.2, 0) is 7.05 Å². The van der Waals surface area contributed by atoms with E-state index in [0.29, 0.717) is 15.6 Å². The van der Waals surface area contributed by atoms with Gasteiger partial charge in [0.15, 0.2) is 0 Å². The number of carbonyl (C=O) groups is 1. The highest BCUT2D eigenvalue weighted by atomic mass is 35.5. The number of nitrogens with zero attached hydrogens (tertiary/aromatic N) is 2. The minimum absolute atomic E-state index is 0.286. The van der Waals surface area contributed by atoms with Gasteiger partial charge in [0, 0.05) is 17.6 Å². The van der Waals surface area contributed by atoms with Gasteiger partial charge in [-0.1, -0.05) is 34.8 Å². The fourth-order valence-electron chi connectivity index (χ4n) is 1.47. The summed E-state index contributed by atoms with van der Waals surface area (Å²) in [5, 5.41) is 4.96. The second kappa shape index (κ2) is 4.69. The van der Waals surface area contributed by atoms with Gasteiger partial charge in [0.25, 0.3) is 0 Å². The van der Waals surface area contributed by atoms with Gasteiger partial charge in [-0.3, -0.25) is 9.48 Å². The molecule has 0 aliphatic carbocycles. The molecule has 1 aromatic heterocycles. The molecule has 2 aromatic rings. The van der Waals surface area contributed by atoms with E-state index in [-0.39, 0.29) is 16.5 Å². The molecule has 0 fully saturated rings. The maximum Gasteiger partial charge on any atom is 0.214 e. The van der Waals surface area contributed by atoms with Gasteiger partial charge in [-0.25, -0.2) is 0 Å². The van der Waals surface area contributed by atoms with Crippen LogP contribution in [0, 0.1) is 0 Å². The maximum atomic E-state index is 12.2. The molecule has 2 rings (SSSR count). The van der Waals surface area contributed by atoms with Crippen LogP contribution in [0.5, 0.6) is 0 Å². The van der Waals surface area contributed by atoms with Crippen LogP contribution in [0.3, 0.4) is 0 Å². The number of benzene rings is 1. The van der Waals surface area contributed by atoms with Crippen LogP contribution in [0.2, 0.25) is 15.1 Å². The van der Waals surface area contributed by atoms with E-state index in [4.69, 9.17) is 34.8 Å². The highest BCUT2D eigenvalue weighted by Crippen LogP contribution is 2.25. The zero-order valence-corrected chi connectivity index (χ0v) is 11.0. The first-order valence-corrected chi connectivity index (χ1v) is 5.81. The van der Waals surface area contributed by atoms with Crippen molar-refractivity contribution in [2.24, 2.45) is 7.05 Å². The highest BCUT2D eigenvalue weighted by molar-refractivity contribution is 6.38. The summed E-state index contributed by atoms with van der Waals surface area (Å²) in [7, 11) is 1.64. The van der Waals surface area contributed by atoms with E-state index in [1.165, 1.54) is 16.9 Å². The molecule has 6 heteroatoms.